The van der Waals surface area contributed by atoms with E-state index in [2.05, 4.69) is 24.1 Å². The number of anilines is 1. The minimum Gasteiger partial charge on any atom is -0.384 e. The van der Waals surface area contributed by atoms with E-state index >= 15 is 0 Å². The predicted molar refractivity (Wildman–Crippen MR) is 82.5 cm³/mol. The second-order valence-electron chi connectivity index (χ2n) is 5.26. The number of benzene rings is 1. The quantitative estimate of drug-likeness (QED) is 0.898. The molecule has 2 aromatic rings. The zero-order chi connectivity index (χ0) is 14.7. The lowest BCUT2D eigenvalue weighted by molar-refractivity contribution is 0.0930. The third kappa shape index (κ3) is 2.90. The summed E-state index contributed by atoms with van der Waals surface area (Å²) < 4.78 is 0. The lowest BCUT2D eigenvalue weighted by Gasteiger charge is -2.20. The van der Waals surface area contributed by atoms with Gasteiger partial charge in [0, 0.05) is 11.4 Å². The molecule has 0 aliphatic heterocycles. The van der Waals surface area contributed by atoms with Crippen LogP contribution in [0.3, 0.4) is 0 Å². The number of nitrogen functional groups attached to an aromatic ring is 1. The number of carbonyl (C=O) groups is 1. The Morgan fingerprint density at radius 2 is 2.05 bits per heavy atom. The molecule has 1 aromatic heterocycles. The van der Waals surface area contributed by atoms with Crippen LogP contribution in [0.5, 0.6) is 0 Å². The minimum absolute atomic E-state index is 0.0944. The molecule has 3 N–H and O–H groups in total. The normalized spacial score (nSPS) is 13.9. The second kappa shape index (κ2) is 5.90. The third-order valence-corrected chi connectivity index (χ3v) is 3.84. The van der Waals surface area contributed by atoms with Gasteiger partial charge in [0.15, 0.2) is 0 Å². The topological polar surface area (TPSA) is 68.0 Å². The summed E-state index contributed by atoms with van der Waals surface area (Å²) in [6, 6.07) is 9.31. The second-order valence-corrected chi connectivity index (χ2v) is 5.26. The van der Waals surface area contributed by atoms with Gasteiger partial charge in [0.05, 0.1) is 11.1 Å². The Balaban J connectivity index is 2.35. The molecule has 1 heterocycles. The van der Waals surface area contributed by atoms with E-state index in [1.54, 1.807) is 6.07 Å². The van der Waals surface area contributed by atoms with Crippen LogP contribution < -0.4 is 11.1 Å². The Labute approximate surface area is 119 Å². The summed E-state index contributed by atoms with van der Waals surface area (Å²) in [5.41, 5.74) is 7.12. The molecule has 0 fully saturated rings. The van der Waals surface area contributed by atoms with E-state index in [1.807, 2.05) is 31.2 Å². The summed E-state index contributed by atoms with van der Waals surface area (Å²) in [6.45, 7) is 6.27. The van der Waals surface area contributed by atoms with Crippen molar-refractivity contribution in [3.63, 3.8) is 0 Å². The minimum atomic E-state index is -0.0944. The number of nitrogens with zero attached hydrogens (tertiary/aromatic N) is 1. The van der Waals surface area contributed by atoms with Crippen molar-refractivity contribution in [1.82, 2.24) is 10.3 Å². The van der Waals surface area contributed by atoms with Crippen LogP contribution in [-0.2, 0) is 0 Å². The summed E-state index contributed by atoms with van der Waals surface area (Å²) in [4.78, 5) is 16.7. The first-order chi connectivity index (χ1) is 9.52. The van der Waals surface area contributed by atoms with Crippen molar-refractivity contribution in [2.24, 2.45) is 5.92 Å². The molecule has 106 valence electrons. The smallest absolute Gasteiger partial charge is 0.252 e. The number of pyridine rings is 1. The number of hydrogen-bond donors (Lipinski definition) is 2. The van der Waals surface area contributed by atoms with Crippen molar-refractivity contribution >= 4 is 22.6 Å². The van der Waals surface area contributed by atoms with Crippen LogP contribution in [0.4, 0.5) is 5.82 Å². The number of rotatable bonds is 4. The van der Waals surface area contributed by atoms with Crippen LogP contribution in [-0.4, -0.2) is 16.9 Å². The highest BCUT2D eigenvalue weighted by Gasteiger charge is 2.17. The highest BCUT2D eigenvalue weighted by atomic mass is 16.1. The predicted octanol–water partition coefficient (Wildman–Crippen LogP) is 2.98. The van der Waals surface area contributed by atoms with Gasteiger partial charge in [-0.1, -0.05) is 38.5 Å². The molecule has 0 saturated heterocycles. The first-order valence-electron chi connectivity index (χ1n) is 6.99. The Morgan fingerprint density at radius 3 is 2.75 bits per heavy atom. The van der Waals surface area contributed by atoms with Gasteiger partial charge in [-0.15, -0.1) is 0 Å². The van der Waals surface area contributed by atoms with Crippen molar-refractivity contribution in [2.45, 2.75) is 33.2 Å². The van der Waals surface area contributed by atoms with Crippen molar-refractivity contribution in [3.8, 4) is 0 Å². The summed E-state index contributed by atoms with van der Waals surface area (Å²) >= 11 is 0. The summed E-state index contributed by atoms with van der Waals surface area (Å²) in [6.07, 6.45) is 1.03. The Hall–Kier alpha value is -2.10. The number of carbonyl (C=O) groups excluding carboxylic acids is 1. The summed E-state index contributed by atoms with van der Waals surface area (Å²) in [7, 11) is 0. The molecular weight excluding hydrogens is 250 g/mol. The van der Waals surface area contributed by atoms with Gasteiger partial charge >= 0.3 is 0 Å². The molecule has 0 radical (unpaired) electrons. The number of nitrogens with one attached hydrogen (secondary N) is 1. The fourth-order valence-electron chi connectivity index (χ4n) is 2.16. The Morgan fingerprint density at radius 1 is 1.35 bits per heavy atom. The molecule has 1 aromatic carbocycles. The molecule has 0 aliphatic rings. The average molecular weight is 271 g/mol. The molecule has 20 heavy (non-hydrogen) atoms. The lowest BCUT2D eigenvalue weighted by atomic mass is 10.00. The van der Waals surface area contributed by atoms with Crippen LogP contribution in [0.15, 0.2) is 30.3 Å². The van der Waals surface area contributed by atoms with Crippen molar-refractivity contribution in [1.29, 1.82) is 0 Å². The van der Waals surface area contributed by atoms with Gasteiger partial charge < -0.3 is 11.1 Å². The molecule has 4 heteroatoms. The van der Waals surface area contributed by atoms with Crippen LogP contribution in [0.25, 0.3) is 10.9 Å². The maximum atomic E-state index is 12.4. The zero-order valence-electron chi connectivity index (χ0n) is 12.2. The molecule has 2 rings (SSSR count). The molecule has 1 amide bonds. The molecule has 2 unspecified atom stereocenters. The SMILES string of the molecule is CCC(C)C(C)NC(=O)c1cc(N)nc2ccccc12. The van der Waals surface area contributed by atoms with Gasteiger partial charge in [0.25, 0.3) is 5.91 Å². The number of hydrogen-bond acceptors (Lipinski definition) is 3. The largest absolute Gasteiger partial charge is 0.384 e. The molecule has 2 atom stereocenters. The van der Waals surface area contributed by atoms with Crippen molar-refractivity contribution < 1.29 is 4.79 Å². The maximum absolute atomic E-state index is 12.4. The van der Waals surface area contributed by atoms with E-state index in [-0.39, 0.29) is 11.9 Å². The number of nitrogens with two attached hydrogens (primary N) is 1. The zero-order valence-corrected chi connectivity index (χ0v) is 12.2. The van der Waals surface area contributed by atoms with Gasteiger partial charge in [-0.3, -0.25) is 4.79 Å². The number of para-hydroxylation sites is 1. The number of aromatic nitrogens is 1. The average Bonchev–Trinajstić information content (AvgIpc) is 2.45. The monoisotopic (exact) mass is 271 g/mol. The van der Waals surface area contributed by atoms with Gasteiger partial charge in [0.1, 0.15) is 5.82 Å². The molecular formula is C16H21N3O. The van der Waals surface area contributed by atoms with Gasteiger partial charge in [-0.25, -0.2) is 4.98 Å². The number of amides is 1. The van der Waals surface area contributed by atoms with E-state index < -0.39 is 0 Å². The van der Waals surface area contributed by atoms with Gasteiger partial charge in [0.2, 0.25) is 0 Å². The first-order valence-corrected chi connectivity index (χ1v) is 6.99. The highest BCUT2D eigenvalue weighted by molar-refractivity contribution is 6.06. The Bertz CT molecular complexity index is 624. The van der Waals surface area contributed by atoms with E-state index in [4.69, 9.17) is 5.73 Å². The summed E-state index contributed by atoms with van der Waals surface area (Å²) in [5.74, 6) is 0.706. The fraction of sp³-hybridized carbons (Fsp3) is 0.375. The first kappa shape index (κ1) is 14.3. The van der Waals surface area contributed by atoms with E-state index in [1.165, 1.54) is 0 Å². The maximum Gasteiger partial charge on any atom is 0.252 e. The lowest BCUT2D eigenvalue weighted by Crippen LogP contribution is -2.37. The van der Waals surface area contributed by atoms with E-state index in [9.17, 15) is 4.79 Å². The third-order valence-electron chi connectivity index (χ3n) is 3.84. The van der Waals surface area contributed by atoms with Gasteiger partial charge in [-0.2, -0.15) is 0 Å². The van der Waals surface area contributed by atoms with Crippen molar-refractivity contribution in [3.05, 3.63) is 35.9 Å². The highest BCUT2D eigenvalue weighted by Crippen LogP contribution is 2.20. The van der Waals surface area contributed by atoms with E-state index in [0.717, 1.165) is 17.3 Å². The number of fused-ring (bicyclic) bond motifs is 1. The Kier molecular flexibility index (Phi) is 4.23. The fourth-order valence-corrected chi connectivity index (χ4v) is 2.16. The van der Waals surface area contributed by atoms with E-state index in [0.29, 0.717) is 17.3 Å². The standard InChI is InChI=1S/C16H21N3O/c1-4-10(2)11(3)18-16(20)13-9-15(17)19-14-8-6-5-7-12(13)14/h5-11H,4H2,1-3H3,(H2,17,19)(H,18,20). The molecule has 4 nitrogen and oxygen atoms in total. The molecule has 0 aliphatic carbocycles. The molecule has 0 spiro atoms. The summed E-state index contributed by atoms with van der Waals surface area (Å²) in [5, 5.41) is 3.87. The van der Waals surface area contributed by atoms with Crippen LogP contribution >= 0.6 is 0 Å². The molecule has 0 saturated carbocycles. The van der Waals surface area contributed by atoms with Gasteiger partial charge in [-0.05, 0) is 25.0 Å². The van der Waals surface area contributed by atoms with Crippen LogP contribution in [0.2, 0.25) is 0 Å². The van der Waals surface area contributed by atoms with Crippen LogP contribution in [0.1, 0.15) is 37.6 Å². The van der Waals surface area contributed by atoms with Crippen LogP contribution in [0, 0.1) is 5.92 Å². The molecule has 0 bridgehead atoms. The van der Waals surface area contributed by atoms with Crippen molar-refractivity contribution in [2.75, 3.05) is 5.73 Å².